The highest BCUT2D eigenvalue weighted by Gasteiger charge is 2.47. The molecule has 2 saturated heterocycles. The molecule has 2 aliphatic rings. The van der Waals surface area contributed by atoms with Crippen molar-refractivity contribution in [2.45, 2.75) is 31.5 Å². The number of nitrogens with one attached hydrogen (secondary N) is 2. The van der Waals surface area contributed by atoms with E-state index in [4.69, 9.17) is 9.47 Å². The van der Waals surface area contributed by atoms with Gasteiger partial charge >= 0.3 is 6.03 Å². The average Bonchev–Trinajstić information content (AvgIpc) is 2.85. The number of nitrogens with zero attached hydrogens (tertiary/aromatic N) is 2. The third-order valence-corrected chi connectivity index (χ3v) is 6.08. The number of fused-ring (bicyclic) bond motifs is 1. The van der Waals surface area contributed by atoms with E-state index in [0.717, 1.165) is 11.3 Å². The van der Waals surface area contributed by atoms with Gasteiger partial charge in [0.05, 0.1) is 32.5 Å². The van der Waals surface area contributed by atoms with Crippen molar-refractivity contribution >= 4 is 23.5 Å². The number of hydrogen-bond acceptors (Lipinski definition) is 6. The van der Waals surface area contributed by atoms with E-state index in [1.807, 2.05) is 0 Å². The largest absolute Gasteiger partial charge is 0.497 e. The Hall–Kier alpha value is -3.66. The average molecular weight is 471 g/mol. The lowest BCUT2D eigenvalue weighted by atomic mass is 9.93. The van der Waals surface area contributed by atoms with Gasteiger partial charge in [-0.2, -0.15) is 0 Å². The molecule has 4 amide bonds. The first-order valence-corrected chi connectivity index (χ1v) is 11.0. The molecule has 34 heavy (non-hydrogen) atoms. The normalized spacial score (nSPS) is 20.1. The molecular weight excluding hydrogens is 443 g/mol. The minimum absolute atomic E-state index is 0.00925. The fourth-order valence-electron chi connectivity index (χ4n) is 4.38. The molecule has 2 fully saturated rings. The maximum absolute atomic E-state index is 13.4. The molecule has 0 bridgehead atoms. The Balaban J connectivity index is 1.55. The van der Waals surface area contributed by atoms with Crippen LogP contribution in [0.4, 0.5) is 14.9 Å². The molecule has 2 unspecified atom stereocenters. The Morgan fingerprint density at radius 3 is 2.62 bits per heavy atom. The monoisotopic (exact) mass is 470 g/mol. The van der Waals surface area contributed by atoms with Gasteiger partial charge in [-0.15, -0.1) is 0 Å². The summed E-state index contributed by atoms with van der Waals surface area (Å²) in [6, 6.07) is 9.04. The summed E-state index contributed by atoms with van der Waals surface area (Å²) >= 11 is 0. The topological polar surface area (TPSA) is 100 Å². The third-order valence-electron chi connectivity index (χ3n) is 6.08. The van der Waals surface area contributed by atoms with Crippen LogP contribution in [-0.4, -0.2) is 67.0 Å². The number of anilines is 1. The Morgan fingerprint density at radius 1 is 1.15 bits per heavy atom. The molecule has 4 rings (SSSR count). The number of hydrogen-bond donors (Lipinski definition) is 2. The Labute approximate surface area is 196 Å². The summed E-state index contributed by atoms with van der Waals surface area (Å²) in [4.78, 5) is 42.0. The van der Waals surface area contributed by atoms with E-state index in [-0.39, 0.29) is 19.0 Å². The molecule has 0 aliphatic carbocycles. The number of ether oxygens (including phenoxy) is 2. The number of imide groups is 1. The van der Waals surface area contributed by atoms with Gasteiger partial charge in [-0.05, 0) is 49.2 Å². The molecule has 0 aromatic heterocycles. The Morgan fingerprint density at radius 2 is 1.91 bits per heavy atom. The lowest BCUT2D eigenvalue weighted by Crippen LogP contribution is -2.70. The predicted molar refractivity (Wildman–Crippen MR) is 122 cm³/mol. The summed E-state index contributed by atoms with van der Waals surface area (Å²) in [6.07, 6.45) is 1.39. The molecule has 9 nitrogen and oxygen atoms in total. The number of carbonyl (C=O) groups is 3. The number of carbonyl (C=O) groups excluding carboxylic acids is 3. The summed E-state index contributed by atoms with van der Waals surface area (Å²) < 4.78 is 23.8. The number of methoxy groups -OCH3 is 2. The van der Waals surface area contributed by atoms with E-state index in [1.165, 1.54) is 43.4 Å². The summed E-state index contributed by atoms with van der Waals surface area (Å²) in [5.74, 6) is -0.187. The zero-order valence-corrected chi connectivity index (χ0v) is 19.0. The van der Waals surface area contributed by atoms with Gasteiger partial charge in [0.2, 0.25) is 11.8 Å². The van der Waals surface area contributed by atoms with Crippen molar-refractivity contribution < 1.29 is 28.2 Å². The number of benzene rings is 2. The smallest absolute Gasteiger partial charge is 0.327 e. The number of piperidine rings is 1. The van der Waals surface area contributed by atoms with E-state index >= 15 is 0 Å². The molecule has 2 aromatic carbocycles. The highest BCUT2D eigenvalue weighted by Crippen LogP contribution is 2.30. The number of urea groups is 1. The summed E-state index contributed by atoms with van der Waals surface area (Å²) in [6.45, 7) is 0.395. The number of amides is 4. The van der Waals surface area contributed by atoms with Gasteiger partial charge in [-0.3, -0.25) is 14.5 Å². The van der Waals surface area contributed by atoms with Gasteiger partial charge in [-0.1, -0.05) is 12.1 Å². The van der Waals surface area contributed by atoms with Crippen LogP contribution in [0.1, 0.15) is 18.4 Å². The molecular formula is C24H27FN4O5. The predicted octanol–water partition coefficient (Wildman–Crippen LogP) is 2.37. The molecule has 0 radical (unpaired) electrons. The molecule has 10 heteroatoms. The SMILES string of the molecule is COc1ccc(OC)c(NC(=O)CN2C(=O)N(Cc3ccc(F)cc3)C(=O)C3NCCCC32)c1. The van der Waals surface area contributed by atoms with Crippen LogP contribution in [0, 0.1) is 5.82 Å². The van der Waals surface area contributed by atoms with Crippen molar-refractivity contribution in [3.8, 4) is 11.5 Å². The van der Waals surface area contributed by atoms with Crippen LogP contribution in [0.15, 0.2) is 42.5 Å². The van der Waals surface area contributed by atoms with E-state index < -0.39 is 29.8 Å². The van der Waals surface area contributed by atoms with Crippen LogP contribution >= 0.6 is 0 Å². The maximum Gasteiger partial charge on any atom is 0.327 e. The Kier molecular flexibility index (Phi) is 6.97. The second kappa shape index (κ2) is 10.1. The third kappa shape index (κ3) is 4.81. The van der Waals surface area contributed by atoms with E-state index in [1.54, 1.807) is 18.2 Å². The van der Waals surface area contributed by atoms with Crippen molar-refractivity contribution in [3.63, 3.8) is 0 Å². The first kappa shape index (κ1) is 23.5. The van der Waals surface area contributed by atoms with Crippen molar-refractivity contribution in [3.05, 3.63) is 53.8 Å². The van der Waals surface area contributed by atoms with E-state index in [9.17, 15) is 18.8 Å². The van der Waals surface area contributed by atoms with Crippen molar-refractivity contribution in [2.24, 2.45) is 0 Å². The van der Waals surface area contributed by atoms with Gasteiger partial charge in [-0.25, -0.2) is 9.18 Å². The van der Waals surface area contributed by atoms with E-state index in [0.29, 0.717) is 35.7 Å². The fourth-order valence-corrected chi connectivity index (χ4v) is 4.38. The molecule has 2 heterocycles. The molecule has 2 aromatic rings. The Bertz CT molecular complexity index is 1080. The lowest BCUT2D eigenvalue weighted by molar-refractivity contribution is -0.138. The molecule has 0 saturated carbocycles. The number of rotatable bonds is 7. The standard InChI is InChI=1S/C24H27FN4O5/c1-33-17-9-10-20(34-2)18(12-17)27-21(30)14-28-19-4-3-11-26-22(19)23(31)29(24(28)32)13-15-5-7-16(25)8-6-15/h5-10,12,19,22,26H,3-4,11,13-14H2,1-2H3,(H,27,30). The first-order chi connectivity index (χ1) is 16.4. The van der Waals surface area contributed by atoms with Gasteiger partial charge in [0, 0.05) is 6.07 Å². The first-order valence-electron chi connectivity index (χ1n) is 11.0. The minimum Gasteiger partial charge on any atom is -0.497 e. The van der Waals surface area contributed by atoms with E-state index in [2.05, 4.69) is 10.6 Å². The van der Waals surface area contributed by atoms with Crippen molar-refractivity contribution in [1.29, 1.82) is 0 Å². The highest BCUT2D eigenvalue weighted by atomic mass is 19.1. The maximum atomic E-state index is 13.4. The van der Waals surface area contributed by atoms with Gasteiger partial charge in [0.1, 0.15) is 29.9 Å². The zero-order valence-electron chi connectivity index (χ0n) is 19.0. The quantitative estimate of drug-likeness (QED) is 0.645. The van der Waals surface area contributed by atoms with Gasteiger partial charge in [0.25, 0.3) is 0 Å². The molecule has 2 atom stereocenters. The minimum atomic E-state index is -0.606. The van der Waals surface area contributed by atoms with Gasteiger partial charge in [0.15, 0.2) is 0 Å². The zero-order chi connectivity index (χ0) is 24.2. The molecule has 2 N–H and O–H groups in total. The molecule has 0 spiro atoms. The lowest BCUT2D eigenvalue weighted by Gasteiger charge is -2.46. The van der Waals surface area contributed by atoms with Crippen LogP contribution in [-0.2, 0) is 16.1 Å². The fraction of sp³-hybridized carbons (Fsp3) is 0.375. The van der Waals surface area contributed by atoms with Crippen molar-refractivity contribution in [1.82, 2.24) is 15.1 Å². The van der Waals surface area contributed by atoms with Crippen LogP contribution in [0.5, 0.6) is 11.5 Å². The van der Waals surface area contributed by atoms with Crippen LogP contribution in [0.3, 0.4) is 0 Å². The highest BCUT2D eigenvalue weighted by molar-refractivity contribution is 6.03. The molecule has 2 aliphatic heterocycles. The van der Waals surface area contributed by atoms with Crippen molar-refractivity contribution in [2.75, 3.05) is 32.6 Å². The number of halogens is 1. The summed E-state index contributed by atoms with van der Waals surface area (Å²) in [7, 11) is 3.01. The van der Waals surface area contributed by atoms with Gasteiger partial charge < -0.3 is 25.0 Å². The summed E-state index contributed by atoms with van der Waals surface area (Å²) in [5, 5.41) is 5.97. The second-order valence-electron chi connectivity index (χ2n) is 8.22. The summed E-state index contributed by atoms with van der Waals surface area (Å²) in [5.41, 5.74) is 1.02. The molecule has 180 valence electrons. The van der Waals surface area contributed by atoms with Crippen LogP contribution < -0.4 is 20.1 Å². The van der Waals surface area contributed by atoms with Crippen LogP contribution in [0.2, 0.25) is 0 Å². The van der Waals surface area contributed by atoms with Crippen LogP contribution in [0.25, 0.3) is 0 Å². The second-order valence-corrected chi connectivity index (χ2v) is 8.22.